The van der Waals surface area contributed by atoms with Gasteiger partial charge in [-0.15, -0.1) is 0 Å². The van der Waals surface area contributed by atoms with Crippen LogP contribution in [-0.2, 0) is 11.3 Å². The van der Waals surface area contributed by atoms with Crippen molar-refractivity contribution in [2.45, 2.75) is 25.8 Å². The number of hydrogen-bond donors (Lipinski definition) is 3. The Morgan fingerprint density at radius 2 is 1.75 bits per heavy atom. The van der Waals surface area contributed by atoms with Gasteiger partial charge in [0.2, 0.25) is 5.91 Å². The van der Waals surface area contributed by atoms with Crippen molar-refractivity contribution in [3.63, 3.8) is 0 Å². The molecule has 6 nitrogen and oxygen atoms in total. The normalized spacial score (nSPS) is 13.8. The lowest BCUT2D eigenvalue weighted by Gasteiger charge is -2.29. The molecule has 0 bridgehead atoms. The second-order valence-corrected chi connectivity index (χ2v) is 7.34. The largest absolute Gasteiger partial charge is 0.376 e. The first-order chi connectivity index (χ1) is 13.5. The fraction of sp³-hybridized carbons (Fsp3) is 0.333. The first kappa shape index (κ1) is 20.0. The second-order valence-electron chi connectivity index (χ2n) is 6.90. The average molecular weight is 401 g/mol. The molecule has 2 aromatic carbocycles. The number of carbonyl (C=O) groups excluding carboxylic acids is 2. The van der Waals surface area contributed by atoms with Crippen LogP contribution in [0.3, 0.4) is 0 Å². The zero-order chi connectivity index (χ0) is 19.9. The molecule has 0 aliphatic carbocycles. The van der Waals surface area contributed by atoms with Crippen molar-refractivity contribution in [3.05, 3.63) is 58.6 Å². The molecule has 1 heterocycles. The van der Waals surface area contributed by atoms with Crippen molar-refractivity contribution >= 4 is 34.8 Å². The maximum absolute atomic E-state index is 12.1. The molecular formula is C21H25ClN4O2. The van der Waals surface area contributed by atoms with Gasteiger partial charge >= 0.3 is 0 Å². The van der Waals surface area contributed by atoms with Crippen LogP contribution in [-0.4, -0.2) is 31.4 Å². The van der Waals surface area contributed by atoms with E-state index in [1.54, 1.807) is 12.1 Å². The summed E-state index contributed by atoms with van der Waals surface area (Å²) < 4.78 is 0. The van der Waals surface area contributed by atoms with Gasteiger partial charge in [-0.25, -0.2) is 0 Å². The summed E-state index contributed by atoms with van der Waals surface area (Å²) in [6.45, 7) is 2.43. The van der Waals surface area contributed by atoms with Crippen LogP contribution in [0, 0.1) is 0 Å². The number of nitrogens with one attached hydrogen (secondary N) is 2. The predicted molar refractivity (Wildman–Crippen MR) is 113 cm³/mol. The van der Waals surface area contributed by atoms with Crippen molar-refractivity contribution in [1.29, 1.82) is 0 Å². The molecule has 0 unspecified atom stereocenters. The fourth-order valence-corrected chi connectivity index (χ4v) is 3.41. The third-order valence-electron chi connectivity index (χ3n) is 4.83. The van der Waals surface area contributed by atoms with Gasteiger partial charge in [0.15, 0.2) is 0 Å². The molecule has 0 aromatic heterocycles. The van der Waals surface area contributed by atoms with Crippen LogP contribution in [0.4, 0.5) is 11.4 Å². The van der Waals surface area contributed by atoms with Crippen LogP contribution in [0.1, 0.15) is 35.2 Å². The minimum Gasteiger partial charge on any atom is -0.376 e. The van der Waals surface area contributed by atoms with Crippen molar-refractivity contribution in [2.75, 3.05) is 29.9 Å². The molecule has 0 atom stereocenters. The van der Waals surface area contributed by atoms with E-state index in [0.29, 0.717) is 22.8 Å². The molecule has 0 saturated carbocycles. The molecule has 7 heteroatoms. The second kappa shape index (κ2) is 9.46. The van der Waals surface area contributed by atoms with Gasteiger partial charge in [-0.3, -0.25) is 9.59 Å². The number of nitrogens with zero attached hydrogens (tertiary/aromatic N) is 1. The Hall–Kier alpha value is -2.73. The molecule has 1 aliphatic rings. The van der Waals surface area contributed by atoms with Crippen molar-refractivity contribution in [3.8, 4) is 0 Å². The van der Waals surface area contributed by atoms with Crippen LogP contribution in [0.25, 0.3) is 0 Å². The van der Waals surface area contributed by atoms with Crippen LogP contribution in [0.5, 0.6) is 0 Å². The van der Waals surface area contributed by atoms with Crippen LogP contribution < -0.4 is 21.3 Å². The average Bonchev–Trinajstić information content (AvgIpc) is 2.72. The number of nitrogens with two attached hydrogens (primary N) is 1. The number of carbonyl (C=O) groups is 2. The number of amides is 2. The molecule has 1 fully saturated rings. The van der Waals surface area contributed by atoms with Crippen LogP contribution in [0.15, 0.2) is 42.5 Å². The van der Waals surface area contributed by atoms with Gasteiger partial charge in [-0.05, 0) is 55.2 Å². The lowest BCUT2D eigenvalue weighted by atomic mass is 10.1. The number of primary amides is 1. The maximum atomic E-state index is 12.1. The minimum atomic E-state index is -0.511. The third-order valence-corrected chi connectivity index (χ3v) is 5.08. The van der Waals surface area contributed by atoms with E-state index in [-0.39, 0.29) is 12.5 Å². The van der Waals surface area contributed by atoms with Gasteiger partial charge in [0.1, 0.15) is 0 Å². The van der Waals surface area contributed by atoms with Gasteiger partial charge in [0.25, 0.3) is 5.91 Å². The highest BCUT2D eigenvalue weighted by Gasteiger charge is 2.15. The third kappa shape index (κ3) is 5.39. The smallest absolute Gasteiger partial charge is 0.250 e. The first-order valence-electron chi connectivity index (χ1n) is 9.47. The summed E-state index contributed by atoms with van der Waals surface area (Å²) in [5, 5.41) is 6.51. The Kier molecular flexibility index (Phi) is 6.76. The van der Waals surface area contributed by atoms with E-state index in [2.05, 4.69) is 15.5 Å². The van der Waals surface area contributed by atoms with Gasteiger partial charge in [-0.1, -0.05) is 23.7 Å². The van der Waals surface area contributed by atoms with Gasteiger partial charge in [0, 0.05) is 36.0 Å². The van der Waals surface area contributed by atoms with Gasteiger partial charge in [-0.2, -0.15) is 0 Å². The molecule has 1 aliphatic heterocycles. The van der Waals surface area contributed by atoms with E-state index in [9.17, 15) is 9.59 Å². The van der Waals surface area contributed by atoms with E-state index < -0.39 is 5.91 Å². The summed E-state index contributed by atoms with van der Waals surface area (Å²) in [5.74, 6) is -0.687. The molecule has 3 rings (SSSR count). The molecule has 0 radical (unpaired) electrons. The van der Waals surface area contributed by atoms with Gasteiger partial charge < -0.3 is 21.3 Å². The Morgan fingerprint density at radius 3 is 2.43 bits per heavy atom. The molecule has 1 saturated heterocycles. The number of benzene rings is 2. The minimum absolute atomic E-state index is 0.0525. The van der Waals surface area contributed by atoms with E-state index in [4.69, 9.17) is 17.3 Å². The van der Waals surface area contributed by atoms with Gasteiger partial charge in [0.05, 0.1) is 12.1 Å². The molecule has 28 heavy (non-hydrogen) atoms. The SMILES string of the molecule is NC(=O)c1cc(N2CCCCC2)ccc1NCC(=O)NCc1ccc(Cl)cc1. The zero-order valence-corrected chi connectivity index (χ0v) is 16.5. The molecule has 148 valence electrons. The summed E-state index contributed by atoms with van der Waals surface area (Å²) in [5.41, 5.74) is 8.47. The Labute approximate surface area is 170 Å². The standard InChI is InChI=1S/C21H25ClN4O2/c22-16-6-4-15(5-7-16)13-25-20(27)14-24-19-9-8-17(12-18(19)21(23)28)26-10-2-1-3-11-26/h4-9,12,24H,1-3,10-11,13-14H2,(H2,23,28)(H,25,27). The number of rotatable bonds is 7. The van der Waals surface area contributed by atoms with E-state index in [1.165, 1.54) is 6.42 Å². The monoisotopic (exact) mass is 400 g/mol. The fourth-order valence-electron chi connectivity index (χ4n) is 3.28. The molecule has 2 amide bonds. The maximum Gasteiger partial charge on any atom is 0.250 e. The summed E-state index contributed by atoms with van der Waals surface area (Å²) in [6, 6.07) is 12.9. The van der Waals surface area contributed by atoms with Crippen LogP contribution in [0.2, 0.25) is 5.02 Å². The molecule has 4 N–H and O–H groups in total. The Morgan fingerprint density at radius 1 is 1.04 bits per heavy atom. The summed E-state index contributed by atoms with van der Waals surface area (Å²) in [4.78, 5) is 26.3. The highest BCUT2D eigenvalue weighted by atomic mass is 35.5. The van der Waals surface area contributed by atoms with Crippen LogP contribution >= 0.6 is 11.6 Å². The number of piperidine rings is 1. The predicted octanol–water partition coefficient (Wildman–Crippen LogP) is 3.16. The molecular weight excluding hydrogens is 376 g/mol. The van der Waals surface area contributed by atoms with Crippen molar-refractivity contribution in [1.82, 2.24) is 5.32 Å². The number of hydrogen-bond acceptors (Lipinski definition) is 4. The Bertz CT molecular complexity index is 833. The van der Waals surface area contributed by atoms with E-state index in [0.717, 1.165) is 37.2 Å². The lowest BCUT2D eigenvalue weighted by Crippen LogP contribution is -2.31. The summed E-state index contributed by atoms with van der Waals surface area (Å²) in [7, 11) is 0. The van der Waals surface area contributed by atoms with E-state index in [1.807, 2.05) is 30.3 Å². The summed E-state index contributed by atoms with van der Waals surface area (Å²) in [6.07, 6.45) is 3.54. The van der Waals surface area contributed by atoms with Crippen molar-refractivity contribution in [2.24, 2.45) is 5.73 Å². The summed E-state index contributed by atoms with van der Waals surface area (Å²) >= 11 is 5.85. The molecule has 2 aromatic rings. The topological polar surface area (TPSA) is 87.5 Å². The molecule has 0 spiro atoms. The highest BCUT2D eigenvalue weighted by molar-refractivity contribution is 6.30. The Balaban J connectivity index is 1.58. The first-order valence-corrected chi connectivity index (χ1v) is 9.84. The number of halogens is 1. The van der Waals surface area contributed by atoms with Crippen molar-refractivity contribution < 1.29 is 9.59 Å². The number of anilines is 2. The zero-order valence-electron chi connectivity index (χ0n) is 15.7. The quantitative estimate of drug-likeness (QED) is 0.666. The lowest BCUT2D eigenvalue weighted by molar-refractivity contribution is -0.119. The highest BCUT2D eigenvalue weighted by Crippen LogP contribution is 2.25. The van der Waals surface area contributed by atoms with E-state index >= 15 is 0 Å².